The third-order valence-electron chi connectivity index (χ3n) is 5.26. The first-order valence-corrected chi connectivity index (χ1v) is 7.74. The summed E-state index contributed by atoms with van der Waals surface area (Å²) in [6, 6.07) is 3.60. The van der Waals surface area contributed by atoms with Crippen molar-refractivity contribution in [2.75, 3.05) is 0 Å². The highest BCUT2D eigenvalue weighted by Gasteiger charge is 2.54. The van der Waals surface area contributed by atoms with Gasteiger partial charge in [-0.3, -0.25) is 0 Å². The lowest BCUT2D eigenvalue weighted by Crippen LogP contribution is -2.49. The SMILES string of the molecule is CC1(C)CCC(Cc2ccc(F)cc2F)C1(O)Cn1[c]ncn1. The Bertz CT molecular complexity index is 687. The molecule has 0 bridgehead atoms. The van der Waals surface area contributed by atoms with Crippen LogP contribution in [-0.2, 0) is 13.0 Å². The van der Waals surface area contributed by atoms with E-state index in [1.54, 1.807) is 0 Å². The third-order valence-corrected chi connectivity index (χ3v) is 5.26. The summed E-state index contributed by atoms with van der Waals surface area (Å²) < 4.78 is 28.5. The predicted molar refractivity (Wildman–Crippen MR) is 80.4 cm³/mol. The van der Waals surface area contributed by atoms with Crippen LogP contribution in [0.5, 0.6) is 0 Å². The van der Waals surface area contributed by atoms with Gasteiger partial charge in [-0.1, -0.05) is 19.9 Å². The molecular weight excluding hydrogens is 300 g/mol. The summed E-state index contributed by atoms with van der Waals surface area (Å²) in [5, 5.41) is 15.4. The van der Waals surface area contributed by atoms with E-state index in [1.807, 2.05) is 13.8 Å². The highest BCUT2D eigenvalue weighted by Crippen LogP contribution is 2.51. The van der Waals surface area contributed by atoms with Crippen molar-refractivity contribution in [3.8, 4) is 0 Å². The molecule has 1 aliphatic rings. The average molecular weight is 320 g/mol. The zero-order chi connectivity index (χ0) is 16.7. The molecule has 6 heteroatoms. The van der Waals surface area contributed by atoms with Gasteiger partial charge in [-0.2, -0.15) is 5.10 Å². The molecule has 0 saturated heterocycles. The smallest absolute Gasteiger partial charge is 0.196 e. The van der Waals surface area contributed by atoms with Crippen LogP contribution in [0.2, 0.25) is 0 Å². The van der Waals surface area contributed by atoms with Gasteiger partial charge in [0.15, 0.2) is 6.33 Å². The lowest BCUT2D eigenvalue weighted by molar-refractivity contribution is -0.0909. The number of benzene rings is 1. The Labute approximate surface area is 134 Å². The highest BCUT2D eigenvalue weighted by atomic mass is 19.1. The van der Waals surface area contributed by atoms with E-state index >= 15 is 0 Å². The predicted octanol–water partition coefficient (Wildman–Crippen LogP) is 2.77. The van der Waals surface area contributed by atoms with Crippen molar-refractivity contribution < 1.29 is 13.9 Å². The van der Waals surface area contributed by atoms with Crippen molar-refractivity contribution in [1.29, 1.82) is 0 Å². The first-order chi connectivity index (χ1) is 10.8. The maximum Gasteiger partial charge on any atom is 0.196 e. The Morgan fingerprint density at radius 1 is 1.39 bits per heavy atom. The van der Waals surface area contributed by atoms with Crippen molar-refractivity contribution in [2.24, 2.45) is 11.3 Å². The first-order valence-electron chi connectivity index (χ1n) is 7.74. The van der Waals surface area contributed by atoms with Gasteiger partial charge in [0.1, 0.15) is 18.0 Å². The van der Waals surface area contributed by atoms with Gasteiger partial charge in [0.25, 0.3) is 0 Å². The van der Waals surface area contributed by atoms with Crippen LogP contribution in [0.3, 0.4) is 0 Å². The van der Waals surface area contributed by atoms with E-state index in [1.165, 1.54) is 23.1 Å². The first kappa shape index (κ1) is 16.1. The Morgan fingerprint density at radius 3 is 2.83 bits per heavy atom. The molecular formula is C17H20F2N3O. The quantitative estimate of drug-likeness (QED) is 0.942. The minimum Gasteiger partial charge on any atom is -0.387 e. The van der Waals surface area contributed by atoms with Gasteiger partial charge >= 0.3 is 0 Å². The van der Waals surface area contributed by atoms with Crippen LogP contribution >= 0.6 is 0 Å². The van der Waals surface area contributed by atoms with E-state index in [0.29, 0.717) is 12.0 Å². The number of halogens is 2. The topological polar surface area (TPSA) is 50.9 Å². The molecule has 1 aromatic heterocycles. The number of aromatic nitrogens is 3. The molecule has 0 aliphatic heterocycles. The lowest BCUT2D eigenvalue weighted by atomic mass is 9.72. The minimum absolute atomic E-state index is 0.143. The number of rotatable bonds is 4. The fourth-order valence-electron chi connectivity index (χ4n) is 3.62. The number of aliphatic hydroxyl groups is 1. The number of hydrogen-bond donors (Lipinski definition) is 1. The van der Waals surface area contributed by atoms with Gasteiger partial charge in [-0.25, -0.2) is 18.4 Å². The molecule has 2 aromatic rings. The fourth-order valence-corrected chi connectivity index (χ4v) is 3.62. The standard InChI is InChI=1S/C17H20F2N3O/c1-16(2)6-5-13(7-12-3-4-14(18)8-15(12)19)17(16,23)9-22-11-20-10-21-22/h3-4,8,10,13,23H,5-7,9H2,1-2H3. The summed E-state index contributed by atoms with van der Waals surface area (Å²) in [4.78, 5) is 3.79. The van der Waals surface area contributed by atoms with Crippen LogP contribution in [0.15, 0.2) is 24.5 Å². The summed E-state index contributed by atoms with van der Waals surface area (Å²) in [6.45, 7) is 4.27. The Kier molecular flexibility index (Phi) is 3.96. The number of nitrogens with zero attached hydrogens (tertiary/aromatic N) is 3. The van der Waals surface area contributed by atoms with Crippen molar-refractivity contribution in [3.05, 3.63) is 48.1 Å². The van der Waals surface area contributed by atoms with Crippen LogP contribution in [0.4, 0.5) is 8.78 Å². The Balaban J connectivity index is 1.88. The molecule has 1 aliphatic carbocycles. The van der Waals surface area contributed by atoms with Crippen molar-refractivity contribution >= 4 is 0 Å². The summed E-state index contributed by atoms with van der Waals surface area (Å²) in [7, 11) is 0. The second-order valence-corrected chi connectivity index (χ2v) is 7.00. The summed E-state index contributed by atoms with van der Waals surface area (Å²) in [5.41, 5.74) is -0.971. The van der Waals surface area contributed by atoms with E-state index < -0.39 is 17.2 Å². The molecule has 1 aromatic carbocycles. The lowest BCUT2D eigenvalue weighted by Gasteiger charge is -2.40. The molecule has 0 spiro atoms. The van der Waals surface area contributed by atoms with Crippen molar-refractivity contribution in [1.82, 2.24) is 14.8 Å². The fraction of sp³-hybridized carbons (Fsp3) is 0.529. The Morgan fingerprint density at radius 2 is 2.17 bits per heavy atom. The molecule has 1 heterocycles. The van der Waals surface area contributed by atoms with Crippen molar-refractivity contribution in [2.45, 2.75) is 45.3 Å². The molecule has 4 nitrogen and oxygen atoms in total. The molecule has 2 atom stereocenters. The molecule has 1 fully saturated rings. The van der Waals surface area contributed by atoms with Crippen molar-refractivity contribution in [3.63, 3.8) is 0 Å². The monoisotopic (exact) mass is 320 g/mol. The molecule has 2 unspecified atom stereocenters. The zero-order valence-corrected chi connectivity index (χ0v) is 13.3. The van der Waals surface area contributed by atoms with Gasteiger partial charge in [0, 0.05) is 6.07 Å². The minimum atomic E-state index is -1.06. The zero-order valence-electron chi connectivity index (χ0n) is 13.3. The van der Waals surface area contributed by atoms with Gasteiger partial charge in [-0.15, -0.1) is 0 Å². The van der Waals surface area contributed by atoms with Crippen LogP contribution in [0.1, 0.15) is 32.3 Å². The molecule has 1 N–H and O–H groups in total. The molecule has 1 saturated carbocycles. The maximum atomic E-state index is 14.0. The van der Waals surface area contributed by atoms with E-state index in [4.69, 9.17) is 0 Å². The summed E-state index contributed by atoms with van der Waals surface area (Å²) >= 11 is 0. The van der Waals surface area contributed by atoms with Crippen LogP contribution in [0, 0.1) is 29.3 Å². The number of hydrogen-bond acceptors (Lipinski definition) is 3. The molecule has 3 rings (SSSR count). The molecule has 1 radical (unpaired) electrons. The second-order valence-electron chi connectivity index (χ2n) is 7.00. The van der Waals surface area contributed by atoms with E-state index in [0.717, 1.165) is 18.9 Å². The van der Waals surface area contributed by atoms with E-state index in [9.17, 15) is 13.9 Å². The summed E-state index contributed by atoms with van der Waals surface area (Å²) in [6.07, 6.45) is 6.04. The molecule has 23 heavy (non-hydrogen) atoms. The van der Waals surface area contributed by atoms with Gasteiger partial charge < -0.3 is 5.11 Å². The summed E-state index contributed by atoms with van der Waals surface area (Å²) in [5.74, 6) is -1.30. The molecule has 0 amide bonds. The van der Waals surface area contributed by atoms with Gasteiger partial charge in [0.05, 0.1) is 12.1 Å². The van der Waals surface area contributed by atoms with Gasteiger partial charge in [-0.05, 0) is 42.2 Å². The Hall–Kier alpha value is -1.82. The normalized spacial score (nSPS) is 26.6. The van der Waals surface area contributed by atoms with Crippen LogP contribution in [0.25, 0.3) is 0 Å². The van der Waals surface area contributed by atoms with Crippen LogP contribution < -0.4 is 0 Å². The molecule has 123 valence electrons. The third kappa shape index (κ3) is 2.87. The van der Waals surface area contributed by atoms with Crippen LogP contribution in [-0.4, -0.2) is 25.5 Å². The van der Waals surface area contributed by atoms with E-state index in [-0.39, 0.29) is 17.9 Å². The largest absolute Gasteiger partial charge is 0.387 e. The van der Waals surface area contributed by atoms with E-state index in [2.05, 4.69) is 16.4 Å². The van der Waals surface area contributed by atoms with Gasteiger partial charge in [0.2, 0.25) is 0 Å². The highest BCUT2D eigenvalue weighted by molar-refractivity contribution is 5.21. The maximum absolute atomic E-state index is 14.0. The second kappa shape index (κ2) is 5.67. The average Bonchev–Trinajstić information content (AvgIpc) is 3.04.